The zero-order valence-electron chi connectivity index (χ0n) is 13.8. The first-order chi connectivity index (χ1) is 11.2. The summed E-state index contributed by atoms with van der Waals surface area (Å²) < 4.78 is 11.2. The van der Waals surface area contributed by atoms with E-state index in [-0.39, 0.29) is 6.61 Å². The molecule has 23 heavy (non-hydrogen) atoms. The van der Waals surface area contributed by atoms with E-state index >= 15 is 0 Å². The number of aryl methyl sites for hydroxylation is 2. The van der Waals surface area contributed by atoms with Gasteiger partial charge in [-0.05, 0) is 41.7 Å². The van der Waals surface area contributed by atoms with Crippen LogP contribution in [0, 0.1) is 6.92 Å². The summed E-state index contributed by atoms with van der Waals surface area (Å²) in [6.45, 7) is 4.18. The van der Waals surface area contributed by atoms with E-state index in [1.807, 2.05) is 31.2 Å². The van der Waals surface area contributed by atoms with Gasteiger partial charge in [0.1, 0.15) is 5.58 Å². The lowest BCUT2D eigenvalue weighted by atomic mass is 9.89. The minimum absolute atomic E-state index is 0.0149. The zero-order chi connectivity index (χ0) is 16.4. The number of methoxy groups -OCH3 is 1. The maximum Gasteiger partial charge on any atom is 0.288 e. The molecule has 0 aliphatic heterocycles. The van der Waals surface area contributed by atoms with Gasteiger partial charge in [-0.15, -0.1) is 0 Å². The first-order valence-corrected chi connectivity index (χ1v) is 7.99. The smallest absolute Gasteiger partial charge is 0.288 e. The molecule has 2 aromatic carbocycles. The van der Waals surface area contributed by atoms with E-state index in [1.165, 1.54) is 5.56 Å². The number of rotatable bonds is 5. The summed E-state index contributed by atoms with van der Waals surface area (Å²) in [4.78, 5) is 0. The van der Waals surface area contributed by atoms with Crippen LogP contribution in [-0.2, 0) is 13.0 Å². The van der Waals surface area contributed by atoms with E-state index in [9.17, 15) is 5.11 Å². The van der Waals surface area contributed by atoms with Crippen LogP contribution in [0.3, 0.4) is 0 Å². The second kappa shape index (κ2) is 6.47. The molecular weight excluding hydrogens is 288 g/mol. The van der Waals surface area contributed by atoms with E-state index in [1.54, 1.807) is 7.11 Å². The fourth-order valence-electron chi connectivity index (χ4n) is 3.32. The highest BCUT2D eigenvalue weighted by molar-refractivity contribution is 5.94. The second-order valence-corrected chi connectivity index (χ2v) is 5.76. The monoisotopic (exact) mass is 310 g/mol. The molecule has 3 heteroatoms. The van der Waals surface area contributed by atoms with Gasteiger partial charge in [-0.1, -0.05) is 43.7 Å². The Hall–Kier alpha value is -2.26. The SMILES string of the molecule is CCCc1c(-c2ccccc2)c(CO)cc2oc(OC)c(C)c12. The summed E-state index contributed by atoms with van der Waals surface area (Å²) in [5, 5.41) is 11.0. The van der Waals surface area contributed by atoms with Gasteiger partial charge in [-0.25, -0.2) is 0 Å². The molecule has 0 saturated heterocycles. The Labute approximate surface area is 136 Å². The third-order valence-corrected chi connectivity index (χ3v) is 4.28. The third-order valence-electron chi connectivity index (χ3n) is 4.28. The first-order valence-electron chi connectivity index (χ1n) is 7.99. The number of benzene rings is 2. The molecule has 1 N–H and O–H groups in total. The van der Waals surface area contributed by atoms with Gasteiger partial charge in [0.05, 0.1) is 13.7 Å². The standard InChI is InChI=1S/C20H22O3/c1-4-8-16-18-13(2)20(22-3)23-17(18)11-15(12-21)19(16)14-9-6-5-7-10-14/h5-7,9-11,21H,4,8,12H2,1-3H3. The predicted octanol–water partition coefficient (Wildman–Crippen LogP) is 4.86. The molecule has 0 saturated carbocycles. The molecule has 0 fully saturated rings. The minimum Gasteiger partial charge on any atom is -0.468 e. The molecule has 120 valence electrons. The Bertz CT molecular complexity index is 816. The van der Waals surface area contributed by atoms with Gasteiger partial charge in [0, 0.05) is 10.9 Å². The number of ether oxygens (including phenoxy) is 1. The molecule has 0 radical (unpaired) electrons. The van der Waals surface area contributed by atoms with E-state index in [2.05, 4.69) is 19.1 Å². The maximum atomic E-state index is 9.89. The Balaban J connectivity index is 2.40. The Kier molecular flexibility index (Phi) is 4.39. The lowest BCUT2D eigenvalue weighted by Crippen LogP contribution is -1.98. The molecule has 0 spiro atoms. The van der Waals surface area contributed by atoms with Gasteiger partial charge in [0.15, 0.2) is 0 Å². The van der Waals surface area contributed by atoms with Crippen LogP contribution in [0.1, 0.15) is 30.0 Å². The van der Waals surface area contributed by atoms with Crippen LogP contribution in [0.4, 0.5) is 0 Å². The molecule has 0 unspecified atom stereocenters. The van der Waals surface area contributed by atoms with Crippen molar-refractivity contribution in [3.8, 4) is 17.1 Å². The van der Waals surface area contributed by atoms with Crippen LogP contribution in [0.5, 0.6) is 5.95 Å². The lowest BCUT2D eigenvalue weighted by molar-refractivity contribution is 0.282. The van der Waals surface area contributed by atoms with Gasteiger partial charge in [0.2, 0.25) is 0 Å². The van der Waals surface area contributed by atoms with Crippen LogP contribution in [0.25, 0.3) is 22.1 Å². The number of aliphatic hydroxyl groups is 1. The molecule has 3 aromatic rings. The maximum absolute atomic E-state index is 9.89. The third kappa shape index (κ3) is 2.62. The number of aliphatic hydroxyl groups excluding tert-OH is 1. The van der Waals surface area contributed by atoms with Crippen LogP contribution >= 0.6 is 0 Å². The van der Waals surface area contributed by atoms with Crippen LogP contribution in [0.2, 0.25) is 0 Å². The number of furan rings is 1. The minimum atomic E-state index is -0.0149. The van der Waals surface area contributed by atoms with Crippen molar-refractivity contribution in [1.82, 2.24) is 0 Å². The average molecular weight is 310 g/mol. The average Bonchev–Trinajstić information content (AvgIpc) is 2.91. The van der Waals surface area contributed by atoms with Crippen LogP contribution < -0.4 is 4.74 Å². The molecule has 0 amide bonds. The van der Waals surface area contributed by atoms with Gasteiger partial charge < -0.3 is 14.3 Å². The molecule has 0 bridgehead atoms. The van der Waals surface area contributed by atoms with Crippen LogP contribution in [0.15, 0.2) is 40.8 Å². The molecule has 0 atom stereocenters. The quantitative estimate of drug-likeness (QED) is 0.731. The van der Waals surface area contributed by atoms with Gasteiger partial charge in [-0.3, -0.25) is 0 Å². The highest BCUT2D eigenvalue weighted by Crippen LogP contribution is 2.40. The van der Waals surface area contributed by atoms with Crippen LogP contribution in [-0.4, -0.2) is 12.2 Å². The summed E-state index contributed by atoms with van der Waals surface area (Å²) in [6.07, 6.45) is 1.95. The molecule has 0 aliphatic rings. The first kappa shape index (κ1) is 15.6. The van der Waals surface area contributed by atoms with E-state index in [0.717, 1.165) is 46.1 Å². The number of hydrogen-bond acceptors (Lipinski definition) is 3. The highest BCUT2D eigenvalue weighted by atomic mass is 16.6. The van der Waals surface area contributed by atoms with Crippen molar-refractivity contribution in [1.29, 1.82) is 0 Å². The van der Waals surface area contributed by atoms with E-state index in [4.69, 9.17) is 9.15 Å². The molecular formula is C20H22O3. The Morgan fingerprint density at radius 2 is 1.91 bits per heavy atom. The van der Waals surface area contributed by atoms with E-state index < -0.39 is 0 Å². The second-order valence-electron chi connectivity index (χ2n) is 5.76. The normalized spacial score (nSPS) is 11.1. The van der Waals surface area contributed by atoms with Crippen molar-refractivity contribution in [2.75, 3.05) is 7.11 Å². The van der Waals surface area contributed by atoms with Gasteiger partial charge >= 0.3 is 0 Å². The topological polar surface area (TPSA) is 42.6 Å². The summed E-state index contributed by atoms with van der Waals surface area (Å²) in [5.41, 5.74) is 6.17. The lowest BCUT2D eigenvalue weighted by Gasteiger charge is -2.15. The summed E-state index contributed by atoms with van der Waals surface area (Å²) in [5.74, 6) is 0.548. The largest absolute Gasteiger partial charge is 0.468 e. The zero-order valence-corrected chi connectivity index (χ0v) is 13.8. The van der Waals surface area contributed by atoms with Crippen molar-refractivity contribution in [2.45, 2.75) is 33.3 Å². The van der Waals surface area contributed by atoms with Gasteiger partial charge in [0.25, 0.3) is 5.95 Å². The van der Waals surface area contributed by atoms with Gasteiger partial charge in [-0.2, -0.15) is 0 Å². The summed E-state index contributed by atoms with van der Waals surface area (Å²) in [6, 6.07) is 12.2. The number of hydrogen-bond donors (Lipinski definition) is 1. The molecule has 0 aliphatic carbocycles. The van der Waals surface area contributed by atoms with Crippen molar-refractivity contribution < 1.29 is 14.3 Å². The molecule has 3 nitrogen and oxygen atoms in total. The van der Waals surface area contributed by atoms with Crippen molar-refractivity contribution in [3.05, 3.63) is 53.1 Å². The van der Waals surface area contributed by atoms with Crippen molar-refractivity contribution >= 4 is 11.0 Å². The Morgan fingerprint density at radius 1 is 1.17 bits per heavy atom. The van der Waals surface area contributed by atoms with E-state index in [0.29, 0.717) is 5.95 Å². The fraction of sp³-hybridized carbons (Fsp3) is 0.300. The predicted molar refractivity (Wildman–Crippen MR) is 92.9 cm³/mol. The highest BCUT2D eigenvalue weighted by Gasteiger charge is 2.20. The molecule has 1 aromatic heterocycles. The van der Waals surface area contributed by atoms with Crippen molar-refractivity contribution in [3.63, 3.8) is 0 Å². The fourth-order valence-corrected chi connectivity index (χ4v) is 3.32. The molecule has 3 rings (SSSR count). The Morgan fingerprint density at radius 3 is 2.52 bits per heavy atom. The number of fused-ring (bicyclic) bond motifs is 1. The van der Waals surface area contributed by atoms with Crippen molar-refractivity contribution in [2.24, 2.45) is 0 Å². The summed E-state index contributed by atoms with van der Waals surface area (Å²) >= 11 is 0. The summed E-state index contributed by atoms with van der Waals surface area (Å²) in [7, 11) is 1.62. The molecule has 1 heterocycles.